The summed E-state index contributed by atoms with van der Waals surface area (Å²) in [6, 6.07) is 16.7. The maximum absolute atomic E-state index is 13.0. The van der Waals surface area contributed by atoms with Crippen LogP contribution in [0.4, 0.5) is 4.79 Å². The molecule has 0 saturated heterocycles. The molecule has 0 saturated carbocycles. The van der Waals surface area contributed by atoms with E-state index in [1.54, 1.807) is 14.0 Å². The fourth-order valence-electron chi connectivity index (χ4n) is 4.32. The fraction of sp³-hybridized carbons (Fsp3) is 0.308. The maximum atomic E-state index is 13.0. The van der Waals surface area contributed by atoms with Crippen LogP contribution in [-0.2, 0) is 9.53 Å². The van der Waals surface area contributed by atoms with Crippen LogP contribution in [0.2, 0.25) is 0 Å². The monoisotopic (exact) mass is 447 g/mol. The molecule has 4 rings (SSSR count). The van der Waals surface area contributed by atoms with E-state index in [1.807, 2.05) is 42.5 Å². The van der Waals surface area contributed by atoms with Gasteiger partial charge in [0.2, 0.25) is 0 Å². The second kappa shape index (κ2) is 10.4. The van der Waals surface area contributed by atoms with Crippen molar-refractivity contribution >= 4 is 17.6 Å². The molecule has 7 nitrogen and oxygen atoms in total. The zero-order valence-corrected chi connectivity index (χ0v) is 19.0. The van der Waals surface area contributed by atoms with Crippen molar-refractivity contribution < 1.29 is 19.1 Å². The summed E-state index contributed by atoms with van der Waals surface area (Å²) >= 11 is 0. The fourth-order valence-corrected chi connectivity index (χ4v) is 4.32. The summed E-state index contributed by atoms with van der Waals surface area (Å²) in [5.41, 5.74) is 4.21. The summed E-state index contributed by atoms with van der Waals surface area (Å²) in [5.74, 6) is 0.146. The third-order valence-electron chi connectivity index (χ3n) is 5.92. The van der Waals surface area contributed by atoms with Gasteiger partial charge in [-0.2, -0.15) is 0 Å². The number of esters is 1. The Hall–Kier alpha value is -3.58. The molecule has 2 amide bonds. The average molecular weight is 448 g/mol. The summed E-state index contributed by atoms with van der Waals surface area (Å²) in [4.78, 5) is 27.8. The first-order valence-electron chi connectivity index (χ1n) is 11.2. The van der Waals surface area contributed by atoms with Crippen molar-refractivity contribution in [3.05, 3.63) is 83.1 Å². The minimum absolute atomic E-state index is 0.245. The number of carbonyl (C=O) groups excluding carboxylic acids is 2. The van der Waals surface area contributed by atoms with Crippen molar-refractivity contribution in [1.82, 2.24) is 15.5 Å². The van der Waals surface area contributed by atoms with E-state index in [4.69, 9.17) is 9.47 Å². The number of urea groups is 1. The van der Waals surface area contributed by atoms with E-state index < -0.39 is 12.0 Å². The van der Waals surface area contributed by atoms with Gasteiger partial charge in [0.05, 0.1) is 25.3 Å². The number of hydrogen-bond acceptors (Lipinski definition) is 5. The van der Waals surface area contributed by atoms with Crippen molar-refractivity contribution in [2.45, 2.75) is 19.4 Å². The Morgan fingerprint density at radius 3 is 2.58 bits per heavy atom. The second-order valence-electron chi connectivity index (χ2n) is 7.97. The predicted molar refractivity (Wildman–Crippen MR) is 127 cm³/mol. The van der Waals surface area contributed by atoms with Gasteiger partial charge in [0.1, 0.15) is 5.75 Å². The van der Waals surface area contributed by atoms with E-state index in [2.05, 4.69) is 33.7 Å². The molecule has 7 heteroatoms. The normalized spacial score (nSPS) is 18.8. The number of benzene rings is 2. The lowest BCUT2D eigenvalue weighted by Crippen LogP contribution is -2.49. The number of amides is 2. The SMILES string of the molecule is CCOC(=O)C1=C(CN2CC=C(c3ccccc3)CC2)NC(=O)N[C@H]1c1ccccc1OC. The van der Waals surface area contributed by atoms with Crippen LogP contribution in [0.5, 0.6) is 5.75 Å². The molecule has 0 fully saturated rings. The summed E-state index contributed by atoms with van der Waals surface area (Å²) in [6.07, 6.45) is 3.11. The van der Waals surface area contributed by atoms with Gasteiger partial charge in [-0.3, -0.25) is 4.90 Å². The second-order valence-corrected chi connectivity index (χ2v) is 7.97. The number of nitrogens with one attached hydrogen (secondary N) is 2. The smallest absolute Gasteiger partial charge is 0.338 e. The van der Waals surface area contributed by atoms with Crippen LogP contribution in [0, 0.1) is 0 Å². The maximum Gasteiger partial charge on any atom is 0.338 e. The molecule has 0 aromatic heterocycles. The number of para-hydroxylation sites is 1. The van der Waals surface area contributed by atoms with Crippen LogP contribution >= 0.6 is 0 Å². The van der Waals surface area contributed by atoms with Crippen molar-refractivity contribution in [1.29, 1.82) is 0 Å². The Kier molecular flexibility index (Phi) is 7.10. The first-order chi connectivity index (χ1) is 16.1. The average Bonchev–Trinajstić information content (AvgIpc) is 2.84. The van der Waals surface area contributed by atoms with E-state index in [0.717, 1.165) is 19.5 Å². The van der Waals surface area contributed by atoms with Crippen LogP contribution in [0.3, 0.4) is 0 Å². The minimum atomic E-state index is -0.663. The molecular weight excluding hydrogens is 418 g/mol. The molecule has 0 spiro atoms. The molecular formula is C26H29N3O4. The standard InChI is InChI=1S/C26H29N3O4/c1-3-33-25(30)23-21(17-29-15-13-19(14-16-29)18-9-5-4-6-10-18)27-26(31)28-24(23)20-11-7-8-12-22(20)32-2/h4-13,24H,3,14-17H2,1-2H3,(H2,27,28,31)/t24-/m0/s1. The highest BCUT2D eigenvalue weighted by molar-refractivity contribution is 5.95. The molecule has 2 heterocycles. The summed E-state index contributed by atoms with van der Waals surface area (Å²) < 4.78 is 10.9. The molecule has 0 aliphatic carbocycles. The molecule has 172 valence electrons. The predicted octanol–water partition coefficient (Wildman–Crippen LogP) is 3.66. The van der Waals surface area contributed by atoms with Crippen molar-refractivity contribution in [3.63, 3.8) is 0 Å². The minimum Gasteiger partial charge on any atom is -0.496 e. The largest absolute Gasteiger partial charge is 0.496 e. The Bertz CT molecular complexity index is 1080. The van der Waals surface area contributed by atoms with Crippen LogP contribution < -0.4 is 15.4 Å². The highest BCUT2D eigenvalue weighted by Crippen LogP contribution is 2.34. The van der Waals surface area contributed by atoms with Gasteiger partial charge in [-0.15, -0.1) is 0 Å². The zero-order valence-electron chi connectivity index (χ0n) is 19.0. The quantitative estimate of drug-likeness (QED) is 0.634. The van der Waals surface area contributed by atoms with Crippen molar-refractivity contribution in [3.8, 4) is 5.75 Å². The van der Waals surface area contributed by atoms with Crippen LogP contribution in [0.1, 0.15) is 30.5 Å². The number of methoxy groups -OCH3 is 1. The Labute approximate surface area is 194 Å². The molecule has 0 unspecified atom stereocenters. The van der Waals surface area contributed by atoms with Gasteiger partial charge in [0.25, 0.3) is 0 Å². The molecule has 2 aliphatic heterocycles. The molecule has 0 bridgehead atoms. The van der Waals surface area contributed by atoms with Gasteiger partial charge >= 0.3 is 12.0 Å². The highest BCUT2D eigenvalue weighted by Gasteiger charge is 2.35. The van der Waals surface area contributed by atoms with E-state index in [-0.39, 0.29) is 12.6 Å². The third kappa shape index (κ3) is 5.09. The Morgan fingerprint density at radius 1 is 1.12 bits per heavy atom. The molecule has 2 aromatic rings. The first-order valence-corrected chi connectivity index (χ1v) is 11.2. The van der Waals surface area contributed by atoms with E-state index in [0.29, 0.717) is 29.1 Å². The molecule has 2 aromatic carbocycles. The van der Waals surface area contributed by atoms with Gasteiger partial charge in [-0.25, -0.2) is 9.59 Å². The summed E-state index contributed by atoms with van der Waals surface area (Å²) in [5, 5.41) is 5.73. The van der Waals surface area contributed by atoms with Gasteiger partial charge in [0.15, 0.2) is 0 Å². The molecule has 1 atom stereocenters. The highest BCUT2D eigenvalue weighted by atomic mass is 16.5. The van der Waals surface area contributed by atoms with E-state index >= 15 is 0 Å². The van der Waals surface area contributed by atoms with Gasteiger partial charge < -0.3 is 20.1 Å². The summed E-state index contributed by atoms with van der Waals surface area (Å²) in [7, 11) is 1.57. The number of ether oxygens (including phenoxy) is 2. The van der Waals surface area contributed by atoms with E-state index in [9.17, 15) is 9.59 Å². The number of carbonyl (C=O) groups is 2. The van der Waals surface area contributed by atoms with Gasteiger partial charge in [0, 0.05) is 30.9 Å². The van der Waals surface area contributed by atoms with E-state index in [1.165, 1.54) is 11.1 Å². The lowest BCUT2D eigenvalue weighted by Gasteiger charge is -2.33. The lowest BCUT2D eigenvalue weighted by molar-refractivity contribution is -0.139. The number of nitrogens with zero attached hydrogens (tertiary/aromatic N) is 1. The van der Waals surface area contributed by atoms with Crippen LogP contribution in [0.15, 0.2) is 71.9 Å². The van der Waals surface area contributed by atoms with Crippen LogP contribution in [0.25, 0.3) is 5.57 Å². The lowest BCUT2D eigenvalue weighted by atomic mass is 9.93. The van der Waals surface area contributed by atoms with Crippen molar-refractivity contribution in [2.24, 2.45) is 0 Å². The topological polar surface area (TPSA) is 79.9 Å². The first kappa shape index (κ1) is 22.6. The molecule has 33 heavy (non-hydrogen) atoms. The van der Waals surface area contributed by atoms with Gasteiger partial charge in [-0.05, 0) is 30.5 Å². The summed E-state index contributed by atoms with van der Waals surface area (Å²) in [6.45, 7) is 4.00. The van der Waals surface area contributed by atoms with Gasteiger partial charge in [-0.1, -0.05) is 54.6 Å². The van der Waals surface area contributed by atoms with Crippen LogP contribution in [-0.4, -0.2) is 50.3 Å². The number of rotatable bonds is 7. The molecule has 2 N–H and O–H groups in total. The zero-order chi connectivity index (χ0) is 23.2. The third-order valence-corrected chi connectivity index (χ3v) is 5.92. The number of hydrogen-bond donors (Lipinski definition) is 2. The Morgan fingerprint density at radius 2 is 1.88 bits per heavy atom. The Balaban J connectivity index is 1.64. The van der Waals surface area contributed by atoms with Crippen molar-refractivity contribution in [2.75, 3.05) is 33.4 Å². The molecule has 0 radical (unpaired) electrons. The molecule has 2 aliphatic rings.